The first-order valence-corrected chi connectivity index (χ1v) is 10.8. The lowest BCUT2D eigenvalue weighted by atomic mass is 10.0. The van der Waals surface area contributed by atoms with E-state index in [0.717, 1.165) is 11.3 Å². The van der Waals surface area contributed by atoms with Crippen LogP contribution in [0.3, 0.4) is 0 Å². The van der Waals surface area contributed by atoms with Crippen LogP contribution in [0.1, 0.15) is 50.3 Å². The van der Waals surface area contributed by atoms with Gasteiger partial charge in [0.25, 0.3) is 0 Å². The van der Waals surface area contributed by atoms with Gasteiger partial charge in [0.2, 0.25) is 11.8 Å². The van der Waals surface area contributed by atoms with Crippen molar-refractivity contribution in [2.45, 2.75) is 59.1 Å². The third-order valence-corrected chi connectivity index (χ3v) is 4.63. The molecule has 3 amide bonds. The molecule has 7 heteroatoms. The van der Waals surface area contributed by atoms with Crippen LogP contribution in [0, 0.1) is 6.92 Å². The van der Waals surface area contributed by atoms with Crippen LogP contribution in [0.5, 0.6) is 0 Å². The Kier molecular flexibility index (Phi) is 9.25. The summed E-state index contributed by atoms with van der Waals surface area (Å²) in [4.78, 5) is 35.7. The first-order valence-electron chi connectivity index (χ1n) is 10.8. The van der Waals surface area contributed by atoms with Crippen molar-refractivity contribution in [1.82, 2.24) is 10.6 Å². The maximum absolute atomic E-state index is 12.2. The highest BCUT2D eigenvalue weighted by Gasteiger charge is 2.15. The van der Waals surface area contributed by atoms with E-state index in [-0.39, 0.29) is 24.8 Å². The number of ether oxygens (including phenoxy) is 1. The van der Waals surface area contributed by atoms with E-state index in [1.807, 2.05) is 55.5 Å². The van der Waals surface area contributed by atoms with Crippen LogP contribution in [-0.2, 0) is 27.3 Å². The zero-order valence-electron chi connectivity index (χ0n) is 19.3. The van der Waals surface area contributed by atoms with Gasteiger partial charge < -0.3 is 20.7 Å². The molecule has 0 aromatic heterocycles. The lowest BCUT2D eigenvalue weighted by molar-refractivity contribution is -0.121. The van der Waals surface area contributed by atoms with Gasteiger partial charge >= 0.3 is 6.09 Å². The Morgan fingerprint density at radius 3 is 2.22 bits per heavy atom. The molecule has 0 atom stereocenters. The molecule has 0 aliphatic rings. The summed E-state index contributed by atoms with van der Waals surface area (Å²) >= 11 is 0. The molecule has 32 heavy (non-hydrogen) atoms. The summed E-state index contributed by atoms with van der Waals surface area (Å²) in [6, 6.07) is 15.4. The molecule has 172 valence electrons. The van der Waals surface area contributed by atoms with Gasteiger partial charge in [-0.1, -0.05) is 36.4 Å². The van der Waals surface area contributed by atoms with Gasteiger partial charge in [-0.05, 0) is 62.9 Å². The fraction of sp³-hybridized carbons (Fsp3) is 0.400. The molecular formula is C25H33N3O4. The highest BCUT2D eigenvalue weighted by atomic mass is 16.6. The van der Waals surface area contributed by atoms with Gasteiger partial charge in [0, 0.05) is 31.6 Å². The Balaban J connectivity index is 1.67. The molecule has 7 nitrogen and oxygen atoms in total. The van der Waals surface area contributed by atoms with Crippen LogP contribution < -0.4 is 16.0 Å². The molecule has 0 radical (unpaired) electrons. The molecule has 0 heterocycles. The van der Waals surface area contributed by atoms with Crippen molar-refractivity contribution in [2.24, 2.45) is 0 Å². The Bertz CT molecular complexity index is 918. The first-order chi connectivity index (χ1) is 15.1. The van der Waals surface area contributed by atoms with E-state index in [1.54, 1.807) is 20.8 Å². The van der Waals surface area contributed by atoms with Crippen LogP contribution in [0.4, 0.5) is 10.5 Å². The molecule has 2 aromatic rings. The number of rotatable bonds is 9. The van der Waals surface area contributed by atoms with Crippen molar-refractivity contribution in [2.75, 3.05) is 11.9 Å². The Labute approximate surface area is 189 Å². The summed E-state index contributed by atoms with van der Waals surface area (Å²) in [6.07, 6.45) is 0.737. The van der Waals surface area contributed by atoms with Crippen LogP contribution in [0.2, 0.25) is 0 Å². The fourth-order valence-corrected chi connectivity index (χ4v) is 2.95. The van der Waals surface area contributed by atoms with E-state index in [2.05, 4.69) is 16.0 Å². The van der Waals surface area contributed by atoms with E-state index >= 15 is 0 Å². The van der Waals surface area contributed by atoms with Crippen LogP contribution >= 0.6 is 0 Å². The molecule has 0 unspecified atom stereocenters. The molecule has 0 bridgehead atoms. The number of carbonyl (C=O) groups excluding carboxylic acids is 3. The minimum Gasteiger partial charge on any atom is -0.444 e. The minimum atomic E-state index is -0.571. The third-order valence-electron chi connectivity index (χ3n) is 4.63. The number of nitrogens with one attached hydrogen (secondary N) is 3. The molecule has 0 aliphatic heterocycles. The quantitative estimate of drug-likeness (QED) is 0.548. The Hall–Kier alpha value is -3.35. The smallest absolute Gasteiger partial charge is 0.407 e. The standard InChI is InChI=1S/C25H33N3O4/c1-18-7-5-6-8-20(18)11-14-23(30)28-21-12-9-19(10-13-21)17-27-22(29)15-16-26-24(31)32-25(2,3)4/h5-10,12-13H,11,14-17H2,1-4H3,(H,26,31)(H,27,29)(H,28,30). The molecule has 0 fully saturated rings. The minimum absolute atomic E-state index is 0.0354. The number of carbonyl (C=O) groups is 3. The molecule has 2 aromatic carbocycles. The lowest BCUT2D eigenvalue weighted by Gasteiger charge is -2.19. The van der Waals surface area contributed by atoms with Gasteiger partial charge in [0.1, 0.15) is 5.60 Å². The van der Waals surface area contributed by atoms with E-state index < -0.39 is 11.7 Å². The number of hydrogen-bond acceptors (Lipinski definition) is 4. The molecule has 2 rings (SSSR count). The van der Waals surface area contributed by atoms with Gasteiger partial charge in [-0.15, -0.1) is 0 Å². The number of benzene rings is 2. The molecule has 0 spiro atoms. The van der Waals surface area contributed by atoms with Crippen molar-refractivity contribution in [3.8, 4) is 0 Å². The SMILES string of the molecule is Cc1ccccc1CCC(=O)Nc1ccc(CNC(=O)CCNC(=O)OC(C)(C)C)cc1. The van der Waals surface area contributed by atoms with Crippen molar-refractivity contribution in [3.63, 3.8) is 0 Å². The summed E-state index contributed by atoms with van der Waals surface area (Å²) in [5, 5.41) is 8.26. The monoisotopic (exact) mass is 439 g/mol. The number of amides is 3. The maximum atomic E-state index is 12.2. The summed E-state index contributed by atoms with van der Waals surface area (Å²) in [7, 11) is 0. The van der Waals surface area contributed by atoms with Crippen LogP contribution in [0.25, 0.3) is 0 Å². The van der Waals surface area contributed by atoms with Crippen LogP contribution in [-0.4, -0.2) is 30.1 Å². The second-order valence-electron chi connectivity index (χ2n) is 8.63. The second-order valence-corrected chi connectivity index (χ2v) is 8.63. The predicted octanol–water partition coefficient (Wildman–Crippen LogP) is 4.10. The topological polar surface area (TPSA) is 96.5 Å². The van der Waals surface area contributed by atoms with Crippen molar-refractivity contribution in [1.29, 1.82) is 0 Å². The van der Waals surface area contributed by atoms with Gasteiger partial charge in [0.15, 0.2) is 0 Å². The molecular weight excluding hydrogens is 406 g/mol. The largest absolute Gasteiger partial charge is 0.444 e. The summed E-state index contributed by atoms with van der Waals surface area (Å²) in [5.74, 6) is -0.207. The zero-order valence-corrected chi connectivity index (χ0v) is 19.3. The first kappa shape index (κ1) is 24.9. The second kappa shape index (κ2) is 11.9. The summed E-state index contributed by atoms with van der Waals surface area (Å²) in [5.41, 5.74) is 3.42. The Morgan fingerprint density at radius 1 is 0.875 bits per heavy atom. The average molecular weight is 440 g/mol. The zero-order chi connectivity index (χ0) is 23.6. The van der Waals surface area contributed by atoms with Crippen molar-refractivity contribution >= 4 is 23.6 Å². The summed E-state index contributed by atoms with van der Waals surface area (Å²) < 4.78 is 5.12. The van der Waals surface area contributed by atoms with Crippen LogP contribution in [0.15, 0.2) is 48.5 Å². The van der Waals surface area contributed by atoms with E-state index in [0.29, 0.717) is 19.4 Å². The van der Waals surface area contributed by atoms with E-state index in [4.69, 9.17) is 4.74 Å². The third kappa shape index (κ3) is 9.64. The van der Waals surface area contributed by atoms with Gasteiger partial charge in [-0.2, -0.15) is 0 Å². The molecule has 0 saturated carbocycles. The predicted molar refractivity (Wildman–Crippen MR) is 125 cm³/mol. The van der Waals surface area contributed by atoms with Crippen molar-refractivity contribution in [3.05, 3.63) is 65.2 Å². The number of hydrogen-bond donors (Lipinski definition) is 3. The van der Waals surface area contributed by atoms with Gasteiger partial charge in [-0.3, -0.25) is 9.59 Å². The molecule has 3 N–H and O–H groups in total. The van der Waals surface area contributed by atoms with E-state index in [1.165, 1.54) is 11.1 Å². The fourth-order valence-electron chi connectivity index (χ4n) is 2.95. The summed E-state index contributed by atoms with van der Waals surface area (Å²) in [6.45, 7) is 7.95. The lowest BCUT2D eigenvalue weighted by Crippen LogP contribution is -2.35. The highest BCUT2D eigenvalue weighted by molar-refractivity contribution is 5.90. The number of aryl methyl sites for hydroxylation is 2. The number of anilines is 1. The Morgan fingerprint density at radius 2 is 1.56 bits per heavy atom. The molecule has 0 aliphatic carbocycles. The van der Waals surface area contributed by atoms with E-state index in [9.17, 15) is 14.4 Å². The molecule has 0 saturated heterocycles. The van der Waals surface area contributed by atoms with Crippen molar-refractivity contribution < 1.29 is 19.1 Å². The highest BCUT2D eigenvalue weighted by Crippen LogP contribution is 2.13. The van der Waals surface area contributed by atoms with Gasteiger partial charge in [-0.25, -0.2) is 4.79 Å². The van der Waals surface area contributed by atoms with Gasteiger partial charge in [0.05, 0.1) is 0 Å². The maximum Gasteiger partial charge on any atom is 0.407 e. The normalized spacial score (nSPS) is 10.9. The average Bonchev–Trinajstić information content (AvgIpc) is 2.71. The number of alkyl carbamates (subject to hydrolysis) is 1.